The molecule has 0 fully saturated rings. The summed E-state index contributed by atoms with van der Waals surface area (Å²) in [7, 11) is 0. The second kappa shape index (κ2) is 8.25. The van der Waals surface area contributed by atoms with Gasteiger partial charge < -0.3 is 10.2 Å². The van der Waals surface area contributed by atoms with Gasteiger partial charge in [0, 0.05) is 36.2 Å². The van der Waals surface area contributed by atoms with Crippen molar-refractivity contribution in [3.05, 3.63) is 90.0 Å². The number of pyridine rings is 1. The number of carbonyl (C=O) groups excluding carboxylic acids is 1. The number of rotatable bonds is 6. The van der Waals surface area contributed by atoms with E-state index < -0.39 is 0 Å². The van der Waals surface area contributed by atoms with Crippen molar-refractivity contribution < 1.29 is 9.18 Å². The summed E-state index contributed by atoms with van der Waals surface area (Å²) < 4.78 is 13.7. The van der Waals surface area contributed by atoms with E-state index in [-0.39, 0.29) is 11.7 Å². The second-order valence-electron chi connectivity index (χ2n) is 5.76. The molecule has 4 nitrogen and oxygen atoms in total. The zero-order valence-electron chi connectivity index (χ0n) is 14.5. The van der Waals surface area contributed by atoms with Crippen LogP contribution in [0.4, 0.5) is 15.8 Å². The zero-order valence-corrected chi connectivity index (χ0v) is 14.5. The van der Waals surface area contributed by atoms with Gasteiger partial charge in [-0.15, -0.1) is 0 Å². The lowest BCUT2D eigenvalue weighted by molar-refractivity contribution is 0.0983. The lowest BCUT2D eigenvalue weighted by Gasteiger charge is -2.20. The minimum absolute atomic E-state index is 0.173. The van der Waals surface area contributed by atoms with Gasteiger partial charge >= 0.3 is 0 Å². The van der Waals surface area contributed by atoms with Crippen LogP contribution in [0.25, 0.3) is 0 Å². The summed E-state index contributed by atoms with van der Waals surface area (Å²) in [5.74, 6) is -0.431. The third-order valence-electron chi connectivity index (χ3n) is 4.05. The Bertz CT molecular complexity index is 883. The molecule has 0 saturated carbocycles. The summed E-state index contributed by atoms with van der Waals surface area (Å²) >= 11 is 0. The van der Waals surface area contributed by atoms with E-state index in [4.69, 9.17) is 0 Å². The molecule has 0 saturated heterocycles. The molecule has 132 valence electrons. The largest absolute Gasteiger partial charge is 0.381 e. The summed E-state index contributed by atoms with van der Waals surface area (Å²) in [6, 6.07) is 19.5. The third-order valence-corrected chi connectivity index (χ3v) is 4.05. The van der Waals surface area contributed by atoms with Crippen molar-refractivity contribution >= 4 is 17.3 Å². The summed E-state index contributed by atoms with van der Waals surface area (Å²) in [6.07, 6.45) is 1.58. The maximum Gasteiger partial charge on any atom is 0.276 e. The number of para-hydroxylation sites is 1. The highest BCUT2D eigenvalue weighted by molar-refractivity contribution is 6.05. The van der Waals surface area contributed by atoms with Crippen LogP contribution >= 0.6 is 0 Å². The van der Waals surface area contributed by atoms with Gasteiger partial charge in [0.2, 0.25) is 0 Å². The smallest absolute Gasteiger partial charge is 0.276 e. The Morgan fingerprint density at radius 3 is 2.54 bits per heavy atom. The molecule has 0 bridgehead atoms. The molecule has 3 aromatic rings. The van der Waals surface area contributed by atoms with Gasteiger partial charge in [-0.2, -0.15) is 0 Å². The molecule has 5 heteroatoms. The Balaban J connectivity index is 1.76. The van der Waals surface area contributed by atoms with E-state index in [0.717, 1.165) is 11.4 Å². The molecular weight excluding hydrogens is 329 g/mol. The van der Waals surface area contributed by atoms with Crippen LogP contribution in [-0.4, -0.2) is 17.4 Å². The number of hydrogen-bond acceptors (Lipinski definition) is 3. The van der Waals surface area contributed by atoms with Gasteiger partial charge in [-0.1, -0.05) is 36.4 Å². The molecule has 0 aliphatic carbocycles. The Kier molecular flexibility index (Phi) is 5.59. The fraction of sp³-hybridized carbons (Fsp3) is 0.143. The molecular formula is C21H20FN3O. The molecule has 1 aromatic heterocycles. The fourth-order valence-corrected chi connectivity index (χ4v) is 2.69. The Hall–Kier alpha value is -3.21. The molecule has 2 aromatic carbocycles. The number of anilines is 2. The molecule has 1 heterocycles. The highest BCUT2D eigenvalue weighted by atomic mass is 19.1. The number of carbonyl (C=O) groups is 1. The van der Waals surface area contributed by atoms with Crippen molar-refractivity contribution in [1.29, 1.82) is 0 Å². The van der Waals surface area contributed by atoms with Crippen LogP contribution in [0.5, 0.6) is 0 Å². The first kappa shape index (κ1) is 17.6. The predicted octanol–water partition coefficient (Wildman–Crippen LogP) is 4.50. The minimum Gasteiger partial charge on any atom is -0.381 e. The molecule has 1 amide bonds. The zero-order chi connectivity index (χ0) is 18.4. The van der Waals surface area contributed by atoms with Gasteiger partial charge in [0.25, 0.3) is 5.91 Å². The summed E-state index contributed by atoms with van der Waals surface area (Å²) in [6.45, 7) is 2.79. The van der Waals surface area contributed by atoms with Crippen molar-refractivity contribution in [3.8, 4) is 0 Å². The first-order valence-electron chi connectivity index (χ1n) is 8.49. The summed E-state index contributed by atoms with van der Waals surface area (Å²) in [5, 5.41) is 3.14. The number of nitrogens with zero attached hydrogens (tertiary/aromatic N) is 2. The molecule has 3 rings (SSSR count). The van der Waals surface area contributed by atoms with E-state index in [1.807, 2.05) is 37.3 Å². The van der Waals surface area contributed by atoms with Crippen molar-refractivity contribution in [2.24, 2.45) is 0 Å². The van der Waals surface area contributed by atoms with Gasteiger partial charge in [0.05, 0.1) is 0 Å². The Morgan fingerprint density at radius 2 is 1.81 bits per heavy atom. The topological polar surface area (TPSA) is 45.2 Å². The van der Waals surface area contributed by atoms with E-state index in [2.05, 4.69) is 10.3 Å². The minimum atomic E-state index is -0.258. The van der Waals surface area contributed by atoms with Crippen molar-refractivity contribution in [2.45, 2.75) is 13.5 Å². The predicted molar refractivity (Wildman–Crippen MR) is 102 cm³/mol. The van der Waals surface area contributed by atoms with Gasteiger partial charge in [0.1, 0.15) is 11.5 Å². The van der Waals surface area contributed by atoms with E-state index in [1.54, 1.807) is 41.4 Å². The van der Waals surface area contributed by atoms with E-state index >= 15 is 0 Å². The highest BCUT2D eigenvalue weighted by Crippen LogP contribution is 2.18. The van der Waals surface area contributed by atoms with Crippen LogP contribution < -0.4 is 10.2 Å². The van der Waals surface area contributed by atoms with Crippen LogP contribution in [0.3, 0.4) is 0 Å². The van der Waals surface area contributed by atoms with Crippen LogP contribution in [0.2, 0.25) is 0 Å². The van der Waals surface area contributed by atoms with Crippen molar-refractivity contribution in [2.75, 3.05) is 16.8 Å². The molecule has 0 atom stereocenters. The average molecular weight is 349 g/mol. The number of halogens is 1. The van der Waals surface area contributed by atoms with Gasteiger partial charge in [-0.25, -0.2) is 4.39 Å². The lowest BCUT2D eigenvalue weighted by atomic mass is 10.2. The molecule has 0 radical (unpaired) electrons. The van der Waals surface area contributed by atoms with Crippen LogP contribution in [0, 0.1) is 5.82 Å². The monoisotopic (exact) mass is 349 g/mol. The van der Waals surface area contributed by atoms with Gasteiger partial charge in [-0.05, 0) is 37.3 Å². The Labute approximate surface area is 152 Å². The Morgan fingerprint density at radius 1 is 1.08 bits per heavy atom. The third kappa shape index (κ3) is 4.06. The number of benzene rings is 2. The van der Waals surface area contributed by atoms with Crippen molar-refractivity contribution in [1.82, 2.24) is 4.98 Å². The first-order valence-corrected chi connectivity index (χ1v) is 8.49. The number of amides is 1. The quantitative estimate of drug-likeness (QED) is 0.713. The number of hydrogen-bond donors (Lipinski definition) is 1. The van der Waals surface area contributed by atoms with E-state index in [1.165, 1.54) is 6.07 Å². The summed E-state index contributed by atoms with van der Waals surface area (Å²) in [5.41, 5.74) is 2.45. The first-order chi connectivity index (χ1) is 12.7. The van der Waals surface area contributed by atoms with Crippen LogP contribution in [-0.2, 0) is 6.54 Å². The van der Waals surface area contributed by atoms with Crippen LogP contribution in [0.15, 0.2) is 72.9 Å². The maximum atomic E-state index is 13.7. The standard InChI is InChI=1S/C21H20FN3O/c1-2-25(18-9-4-3-5-10-18)21(26)20-14-17(12-13-23-20)24-15-16-8-6-7-11-19(16)22/h3-14H,2,15H2,1H3,(H,23,24). The van der Waals surface area contributed by atoms with E-state index in [0.29, 0.717) is 24.3 Å². The normalized spacial score (nSPS) is 10.4. The fourth-order valence-electron chi connectivity index (χ4n) is 2.69. The maximum absolute atomic E-state index is 13.7. The van der Waals surface area contributed by atoms with Gasteiger partial charge in [0.15, 0.2) is 0 Å². The molecule has 0 aliphatic heterocycles. The second-order valence-corrected chi connectivity index (χ2v) is 5.76. The highest BCUT2D eigenvalue weighted by Gasteiger charge is 2.17. The molecule has 1 N–H and O–H groups in total. The van der Waals surface area contributed by atoms with Crippen molar-refractivity contribution in [3.63, 3.8) is 0 Å². The number of aromatic nitrogens is 1. The lowest BCUT2D eigenvalue weighted by Crippen LogP contribution is -2.31. The molecule has 0 aliphatic rings. The summed E-state index contributed by atoms with van der Waals surface area (Å²) in [4.78, 5) is 18.7. The average Bonchev–Trinajstić information content (AvgIpc) is 2.69. The van der Waals surface area contributed by atoms with Gasteiger partial charge in [-0.3, -0.25) is 9.78 Å². The number of nitrogens with one attached hydrogen (secondary N) is 1. The van der Waals surface area contributed by atoms with E-state index in [9.17, 15) is 9.18 Å². The molecule has 26 heavy (non-hydrogen) atoms. The molecule has 0 unspecified atom stereocenters. The molecule has 0 spiro atoms. The van der Waals surface area contributed by atoms with Crippen LogP contribution in [0.1, 0.15) is 23.0 Å². The SMILES string of the molecule is CCN(C(=O)c1cc(NCc2ccccc2F)ccn1)c1ccccc1.